The number of carboxylic acid groups (broad SMARTS) is 1. The van der Waals surface area contributed by atoms with E-state index in [1.165, 1.54) is 18.2 Å². The van der Waals surface area contributed by atoms with Gasteiger partial charge in [-0.15, -0.1) is 0 Å². The van der Waals surface area contributed by atoms with E-state index in [0.29, 0.717) is 14.3 Å². The van der Waals surface area contributed by atoms with Gasteiger partial charge >= 0.3 is 5.97 Å². The van der Waals surface area contributed by atoms with E-state index in [9.17, 15) is 13.0 Å². The number of benzene rings is 2. The van der Waals surface area contributed by atoms with Gasteiger partial charge in [-0.05, 0) is 23.6 Å². The Morgan fingerprint density at radius 1 is 1.25 bits per heavy atom. The van der Waals surface area contributed by atoms with Crippen LogP contribution in [0.15, 0.2) is 30.3 Å². The lowest BCUT2D eigenvalue weighted by atomic mass is 10.1. The molecule has 0 aliphatic rings. The first kappa shape index (κ1) is 11.0. The Hall–Kier alpha value is -1.50. The molecule has 0 aromatic heterocycles. The van der Waals surface area contributed by atoms with Crippen LogP contribution in [0.2, 0.25) is 0 Å². The van der Waals surface area contributed by atoms with Crippen LogP contribution < -0.4 is 0 Å². The van der Waals surface area contributed by atoms with E-state index < -0.39 is 27.2 Å². The quantitative estimate of drug-likeness (QED) is 0.831. The first-order valence-corrected chi connectivity index (χ1v) is 6.35. The van der Waals surface area contributed by atoms with Gasteiger partial charge in [-0.2, -0.15) is 0 Å². The Bertz CT molecular complexity index is 592. The minimum atomic E-state index is -1.58. The summed E-state index contributed by atoms with van der Waals surface area (Å²) >= 11 is -1.58. The van der Waals surface area contributed by atoms with E-state index in [1.54, 1.807) is 12.1 Å². The number of rotatable bonds is 2. The third-order valence-electron chi connectivity index (χ3n) is 2.26. The number of carbonyl (C=O) groups is 1. The van der Waals surface area contributed by atoms with Crippen molar-refractivity contribution in [1.29, 1.82) is 0 Å². The maximum Gasteiger partial charge on any atom is 0.336 e. The van der Waals surface area contributed by atoms with Crippen LogP contribution in [-0.4, -0.2) is 16.2 Å². The number of hydrogen-bond acceptors (Lipinski definition) is 3. The Morgan fingerprint density at radius 3 is 2.62 bits per heavy atom. The fraction of sp³-hybridized carbons (Fsp3) is 0. The van der Waals surface area contributed by atoms with Crippen molar-refractivity contribution in [2.45, 2.75) is 0 Å². The van der Waals surface area contributed by atoms with E-state index in [4.69, 9.17) is 5.11 Å². The number of hydrogen-bond donors (Lipinski definition) is 2. The predicted molar refractivity (Wildman–Crippen MR) is 66.0 cm³/mol. The molecule has 2 aromatic rings. The van der Waals surface area contributed by atoms with Crippen molar-refractivity contribution in [3.8, 4) is 5.75 Å². The smallest absolute Gasteiger partial charge is 0.336 e. The van der Waals surface area contributed by atoms with Gasteiger partial charge in [-0.3, -0.25) is 3.07 Å². The number of aromatic carboxylic acids is 1. The van der Waals surface area contributed by atoms with E-state index in [-0.39, 0.29) is 11.3 Å². The second-order valence-electron chi connectivity index (χ2n) is 3.21. The highest BCUT2D eigenvalue weighted by molar-refractivity contribution is 14.1. The first-order chi connectivity index (χ1) is 7.63. The summed E-state index contributed by atoms with van der Waals surface area (Å²) in [5.41, 5.74) is 0.0425. The maximum absolute atomic E-state index is 11.0. The lowest BCUT2D eigenvalue weighted by Gasteiger charge is -2.04. The molecule has 0 atom stereocenters. The molecule has 16 heavy (non-hydrogen) atoms. The minimum Gasteiger partial charge on any atom is -0.507 e. The molecule has 0 radical (unpaired) electrons. The third-order valence-corrected chi connectivity index (χ3v) is 3.63. The molecular weight excluding hydrogens is 323 g/mol. The van der Waals surface area contributed by atoms with Gasteiger partial charge in [-0.1, -0.05) is 12.1 Å². The summed E-state index contributed by atoms with van der Waals surface area (Å²) < 4.78 is 11.3. The summed E-state index contributed by atoms with van der Waals surface area (Å²) in [5, 5.41) is 19.7. The fourth-order valence-corrected chi connectivity index (χ4v) is 2.57. The summed E-state index contributed by atoms with van der Waals surface area (Å²) in [4.78, 5) is 10.9. The molecule has 0 fully saturated rings. The highest BCUT2D eigenvalue weighted by Crippen LogP contribution is 2.29. The molecule has 0 saturated carbocycles. The molecule has 0 bridgehead atoms. The molecule has 2 aromatic carbocycles. The normalized spacial score (nSPS) is 10.5. The zero-order chi connectivity index (χ0) is 11.7. The lowest BCUT2D eigenvalue weighted by Crippen LogP contribution is -1.99. The maximum atomic E-state index is 11.0. The van der Waals surface area contributed by atoms with Gasteiger partial charge in [0.15, 0.2) is 21.2 Å². The van der Waals surface area contributed by atoms with Gasteiger partial charge in [0.25, 0.3) is 0 Å². The Balaban J connectivity index is 2.85. The van der Waals surface area contributed by atoms with Gasteiger partial charge in [0.1, 0.15) is 5.75 Å². The van der Waals surface area contributed by atoms with E-state index in [2.05, 4.69) is 0 Å². The average Bonchev–Trinajstić information content (AvgIpc) is 2.28. The number of phenolic OH excluding ortho intramolecular Hbond substituents is 1. The molecule has 0 heterocycles. The molecule has 5 heteroatoms. The zero-order valence-electron chi connectivity index (χ0n) is 7.98. The standard InChI is InChI=1S/C11H7IO4/c13-10-3-1-2-6-4-8(11(14)15)9(12-16)5-7(6)10/h1-5,13H,(H,14,15). The average molecular weight is 330 g/mol. The van der Waals surface area contributed by atoms with E-state index >= 15 is 0 Å². The molecule has 0 amide bonds. The molecule has 2 rings (SSSR count). The van der Waals surface area contributed by atoms with Crippen LogP contribution in [0.3, 0.4) is 0 Å². The summed E-state index contributed by atoms with van der Waals surface area (Å²) in [6, 6.07) is 7.76. The number of phenols is 1. The molecule has 0 spiro atoms. The summed E-state index contributed by atoms with van der Waals surface area (Å²) in [6.07, 6.45) is 0. The van der Waals surface area contributed by atoms with E-state index in [0.717, 1.165) is 0 Å². The second-order valence-corrected chi connectivity index (χ2v) is 4.82. The van der Waals surface area contributed by atoms with Crippen molar-refractivity contribution in [2.24, 2.45) is 0 Å². The van der Waals surface area contributed by atoms with Crippen molar-refractivity contribution in [1.82, 2.24) is 0 Å². The van der Waals surface area contributed by atoms with Crippen LogP contribution in [0.25, 0.3) is 10.8 Å². The fourth-order valence-electron chi connectivity index (χ4n) is 1.51. The minimum absolute atomic E-state index is 0.0425. The van der Waals surface area contributed by atoms with Gasteiger partial charge in [0, 0.05) is 5.39 Å². The van der Waals surface area contributed by atoms with Crippen LogP contribution in [0.1, 0.15) is 10.4 Å². The van der Waals surface area contributed by atoms with Crippen LogP contribution in [-0.2, 0) is 3.07 Å². The van der Waals surface area contributed by atoms with Gasteiger partial charge in [0.05, 0.1) is 9.13 Å². The Kier molecular flexibility index (Phi) is 2.86. The zero-order valence-corrected chi connectivity index (χ0v) is 10.1. The highest BCUT2D eigenvalue weighted by atomic mass is 127. The number of fused-ring (bicyclic) bond motifs is 1. The van der Waals surface area contributed by atoms with Gasteiger partial charge in [0.2, 0.25) is 0 Å². The first-order valence-electron chi connectivity index (χ1n) is 4.39. The van der Waals surface area contributed by atoms with E-state index in [1.807, 2.05) is 0 Å². The third kappa shape index (κ3) is 1.78. The SMILES string of the molecule is O=Ic1cc2c(O)cccc2cc1C(=O)O. The Morgan fingerprint density at radius 2 is 2.00 bits per heavy atom. The molecule has 82 valence electrons. The molecule has 0 aliphatic carbocycles. The largest absolute Gasteiger partial charge is 0.507 e. The van der Waals surface area contributed by atoms with Crippen LogP contribution in [0, 0.1) is 3.57 Å². The molecule has 4 nitrogen and oxygen atoms in total. The van der Waals surface area contributed by atoms with Gasteiger partial charge < -0.3 is 10.2 Å². The van der Waals surface area contributed by atoms with Crippen molar-refractivity contribution in [3.05, 3.63) is 39.5 Å². The topological polar surface area (TPSA) is 74.6 Å². The Labute approximate surface area is 101 Å². The van der Waals surface area contributed by atoms with Gasteiger partial charge in [-0.25, -0.2) is 4.79 Å². The molecule has 0 aliphatic heterocycles. The second kappa shape index (κ2) is 4.17. The monoisotopic (exact) mass is 330 g/mol. The predicted octanol–water partition coefficient (Wildman–Crippen LogP) is 2.73. The van der Waals surface area contributed by atoms with Crippen LogP contribution in [0.5, 0.6) is 5.75 Å². The summed E-state index contributed by atoms with van der Waals surface area (Å²) in [7, 11) is 0. The number of aromatic hydroxyl groups is 1. The highest BCUT2D eigenvalue weighted by Gasteiger charge is 2.13. The number of carboxylic acids is 1. The molecule has 0 saturated heterocycles. The molecular formula is C11H7IO4. The van der Waals surface area contributed by atoms with Crippen molar-refractivity contribution >= 4 is 37.9 Å². The van der Waals surface area contributed by atoms with Crippen molar-refractivity contribution in [3.63, 3.8) is 0 Å². The summed E-state index contributed by atoms with van der Waals surface area (Å²) in [5.74, 6) is -1.04. The molecule has 0 unspecified atom stereocenters. The lowest BCUT2D eigenvalue weighted by molar-refractivity contribution is 0.0696. The summed E-state index contributed by atoms with van der Waals surface area (Å²) in [6.45, 7) is 0. The van der Waals surface area contributed by atoms with Crippen molar-refractivity contribution in [2.75, 3.05) is 0 Å². The van der Waals surface area contributed by atoms with Crippen molar-refractivity contribution < 1.29 is 18.1 Å². The number of halogens is 1. The molecule has 2 N–H and O–H groups in total. The van der Waals surface area contributed by atoms with Crippen LogP contribution >= 0.6 is 21.2 Å². The van der Waals surface area contributed by atoms with Crippen LogP contribution in [0.4, 0.5) is 0 Å².